The van der Waals surface area contributed by atoms with Gasteiger partial charge in [0.15, 0.2) is 0 Å². The number of fused-ring (bicyclic) bond motifs is 1. The Kier molecular flexibility index (Phi) is 4.97. The molecule has 0 aliphatic rings. The van der Waals surface area contributed by atoms with Crippen molar-refractivity contribution in [3.63, 3.8) is 0 Å². The molecular weight excluding hydrogens is 379 g/mol. The van der Waals surface area contributed by atoms with E-state index in [0.717, 1.165) is 16.6 Å². The number of carbonyl (C=O) groups is 1. The van der Waals surface area contributed by atoms with E-state index in [2.05, 4.69) is 15.0 Å². The number of amides is 1. The molecule has 0 fully saturated rings. The molecule has 0 radical (unpaired) electrons. The average Bonchev–Trinajstić information content (AvgIpc) is 2.89. The first-order valence-electron chi connectivity index (χ1n) is 7.93. The fourth-order valence-corrected chi connectivity index (χ4v) is 3.84. The zero-order valence-corrected chi connectivity index (χ0v) is 15.3. The summed E-state index contributed by atoms with van der Waals surface area (Å²) in [5.41, 5.74) is 8.92. The number of halogens is 3. The van der Waals surface area contributed by atoms with Crippen LogP contribution in [0.3, 0.4) is 0 Å². The maximum atomic E-state index is 12.5. The molecule has 27 heavy (non-hydrogen) atoms. The lowest BCUT2D eigenvalue weighted by Gasteiger charge is -2.09. The van der Waals surface area contributed by atoms with Crippen LogP contribution < -0.4 is 15.8 Å². The lowest BCUT2D eigenvalue weighted by molar-refractivity contribution is -0.274. The van der Waals surface area contributed by atoms with Gasteiger partial charge in [-0.1, -0.05) is 12.1 Å². The third kappa shape index (κ3) is 4.30. The Labute approximate surface area is 157 Å². The molecule has 3 rings (SSSR count). The molecule has 3 N–H and O–H groups in total. The maximum Gasteiger partial charge on any atom is 0.573 e. The highest BCUT2D eigenvalue weighted by Crippen LogP contribution is 2.35. The predicted molar refractivity (Wildman–Crippen MR) is 97.8 cm³/mol. The van der Waals surface area contributed by atoms with Crippen LogP contribution >= 0.6 is 11.3 Å². The molecule has 142 valence electrons. The molecule has 0 saturated heterocycles. The standard InChI is InChI=1S/C18H16F3N3O2S/c1-9-7-10(2)24-17-13(9)14(22)15(27-17)16(25)23-8-11-3-5-12(6-4-11)26-18(19,20)21/h3-7H,8,22H2,1-2H3,(H,23,25). The number of thiophene rings is 1. The second-order valence-electron chi connectivity index (χ2n) is 5.98. The second-order valence-corrected chi connectivity index (χ2v) is 6.98. The summed E-state index contributed by atoms with van der Waals surface area (Å²) in [4.78, 5) is 17.9. The molecule has 0 unspecified atom stereocenters. The predicted octanol–water partition coefficient (Wildman–Crippen LogP) is 4.32. The van der Waals surface area contributed by atoms with Crippen molar-refractivity contribution in [2.75, 3.05) is 5.73 Å². The highest BCUT2D eigenvalue weighted by Gasteiger charge is 2.30. The van der Waals surface area contributed by atoms with E-state index in [0.29, 0.717) is 21.0 Å². The summed E-state index contributed by atoms with van der Waals surface area (Å²) >= 11 is 1.21. The first-order chi connectivity index (χ1) is 12.6. The van der Waals surface area contributed by atoms with Crippen molar-refractivity contribution < 1.29 is 22.7 Å². The molecule has 0 atom stereocenters. The van der Waals surface area contributed by atoms with Crippen LogP contribution in [0.2, 0.25) is 0 Å². The van der Waals surface area contributed by atoms with E-state index in [1.54, 1.807) is 0 Å². The lowest BCUT2D eigenvalue weighted by atomic mass is 10.1. The second kappa shape index (κ2) is 7.07. The van der Waals surface area contributed by atoms with Gasteiger partial charge in [-0.15, -0.1) is 24.5 Å². The van der Waals surface area contributed by atoms with Crippen LogP contribution in [-0.2, 0) is 6.54 Å². The number of nitrogens with one attached hydrogen (secondary N) is 1. The van der Waals surface area contributed by atoms with E-state index >= 15 is 0 Å². The number of carbonyl (C=O) groups excluding carboxylic acids is 1. The van der Waals surface area contributed by atoms with E-state index in [9.17, 15) is 18.0 Å². The minimum atomic E-state index is -4.74. The van der Waals surface area contributed by atoms with Gasteiger partial charge in [0.25, 0.3) is 5.91 Å². The molecule has 9 heteroatoms. The maximum absolute atomic E-state index is 12.5. The molecule has 2 aromatic heterocycles. The van der Waals surface area contributed by atoms with Gasteiger partial charge in [0, 0.05) is 17.6 Å². The van der Waals surface area contributed by atoms with Gasteiger partial charge in [0.1, 0.15) is 15.5 Å². The number of hydrogen-bond acceptors (Lipinski definition) is 5. The number of aryl methyl sites for hydroxylation is 2. The normalized spacial score (nSPS) is 11.6. The van der Waals surface area contributed by atoms with E-state index < -0.39 is 6.36 Å². The van der Waals surface area contributed by atoms with E-state index in [-0.39, 0.29) is 18.2 Å². The molecule has 0 aliphatic carbocycles. The number of benzene rings is 1. The summed E-state index contributed by atoms with van der Waals surface area (Å²) in [5, 5.41) is 3.49. The van der Waals surface area contributed by atoms with Crippen LogP contribution in [0.1, 0.15) is 26.5 Å². The van der Waals surface area contributed by atoms with E-state index in [1.807, 2.05) is 19.9 Å². The minimum Gasteiger partial charge on any atom is -0.406 e. The highest BCUT2D eigenvalue weighted by molar-refractivity contribution is 7.21. The third-order valence-corrected chi connectivity index (χ3v) is 4.94. The first-order valence-corrected chi connectivity index (χ1v) is 8.75. The quantitative estimate of drug-likeness (QED) is 0.690. The molecule has 2 heterocycles. The van der Waals surface area contributed by atoms with Crippen molar-refractivity contribution >= 4 is 33.1 Å². The summed E-state index contributed by atoms with van der Waals surface area (Å²) < 4.78 is 40.3. The molecule has 0 spiro atoms. The summed E-state index contributed by atoms with van der Waals surface area (Å²) in [6.45, 7) is 3.92. The largest absolute Gasteiger partial charge is 0.573 e. The molecule has 5 nitrogen and oxygen atoms in total. The number of pyridine rings is 1. The van der Waals surface area contributed by atoms with Crippen molar-refractivity contribution in [1.82, 2.24) is 10.3 Å². The highest BCUT2D eigenvalue weighted by atomic mass is 32.1. The Morgan fingerprint density at radius 2 is 1.93 bits per heavy atom. The molecule has 0 aliphatic heterocycles. The SMILES string of the molecule is Cc1cc(C)c2c(N)c(C(=O)NCc3ccc(OC(F)(F)F)cc3)sc2n1. The Morgan fingerprint density at radius 3 is 2.56 bits per heavy atom. The van der Waals surface area contributed by atoms with Gasteiger partial charge in [-0.05, 0) is 43.2 Å². The number of ether oxygens (including phenoxy) is 1. The number of nitrogens with zero attached hydrogens (tertiary/aromatic N) is 1. The van der Waals surface area contributed by atoms with Gasteiger partial charge in [-0.2, -0.15) is 0 Å². The number of anilines is 1. The molecule has 3 aromatic rings. The Bertz CT molecular complexity index is 998. The van der Waals surface area contributed by atoms with Crippen molar-refractivity contribution in [3.8, 4) is 5.75 Å². The zero-order chi connectivity index (χ0) is 19.8. The van der Waals surface area contributed by atoms with Crippen molar-refractivity contribution in [2.24, 2.45) is 0 Å². The van der Waals surface area contributed by atoms with Gasteiger partial charge in [-0.25, -0.2) is 4.98 Å². The number of alkyl halides is 3. The number of hydrogen-bond donors (Lipinski definition) is 2. The minimum absolute atomic E-state index is 0.143. The fourth-order valence-electron chi connectivity index (χ4n) is 2.71. The van der Waals surface area contributed by atoms with E-state index in [1.165, 1.54) is 35.6 Å². The summed E-state index contributed by atoms with van der Waals surface area (Å²) in [7, 11) is 0. The van der Waals surface area contributed by atoms with Crippen LogP contribution in [0.25, 0.3) is 10.2 Å². The van der Waals surface area contributed by atoms with Gasteiger partial charge in [-0.3, -0.25) is 4.79 Å². The number of rotatable bonds is 4. The van der Waals surface area contributed by atoms with Gasteiger partial charge in [0.05, 0.1) is 5.69 Å². The number of nitrogens with two attached hydrogens (primary N) is 1. The summed E-state index contributed by atoms with van der Waals surface area (Å²) in [5.74, 6) is -0.675. The molecular formula is C18H16F3N3O2S. The van der Waals surface area contributed by atoms with Crippen LogP contribution in [0, 0.1) is 13.8 Å². The third-order valence-electron chi connectivity index (χ3n) is 3.84. The van der Waals surface area contributed by atoms with Crippen LogP contribution in [0.4, 0.5) is 18.9 Å². The fraction of sp³-hybridized carbons (Fsp3) is 0.222. The molecule has 1 aromatic carbocycles. The van der Waals surface area contributed by atoms with Crippen LogP contribution in [-0.4, -0.2) is 17.3 Å². The van der Waals surface area contributed by atoms with Crippen molar-refractivity contribution in [2.45, 2.75) is 26.8 Å². The Hall–Kier alpha value is -2.81. The van der Waals surface area contributed by atoms with Gasteiger partial charge >= 0.3 is 6.36 Å². The molecule has 0 saturated carbocycles. The smallest absolute Gasteiger partial charge is 0.406 e. The van der Waals surface area contributed by atoms with Crippen LogP contribution in [0.5, 0.6) is 5.75 Å². The first kappa shape index (κ1) is 19.0. The van der Waals surface area contributed by atoms with Gasteiger partial charge < -0.3 is 15.8 Å². The molecule has 1 amide bonds. The van der Waals surface area contributed by atoms with Crippen molar-refractivity contribution in [3.05, 3.63) is 52.0 Å². The lowest BCUT2D eigenvalue weighted by Crippen LogP contribution is -2.22. The van der Waals surface area contributed by atoms with E-state index in [4.69, 9.17) is 5.73 Å². The zero-order valence-electron chi connectivity index (χ0n) is 14.5. The van der Waals surface area contributed by atoms with Gasteiger partial charge in [0.2, 0.25) is 0 Å². The summed E-state index contributed by atoms with van der Waals surface area (Å²) in [6.07, 6.45) is -4.74. The number of aromatic nitrogens is 1. The number of nitrogen functional groups attached to an aromatic ring is 1. The monoisotopic (exact) mass is 395 g/mol. The van der Waals surface area contributed by atoms with Crippen LogP contribution in [0.15, 0.2) is 30.3 Å². The topological polar surface area (TPSA) is 77.2 Å². The molecule has 0 bridgehead atoms. The Morgan fingerprint density at radius 1 is 1.26 bits per heavy atom. The average molecular weight is 395 g/mol. The summed E-state index contributed by atoms with van der Waals surface area (Å²) in [6, 6.07) is 7.19. The Balaban J connectivity index is 1.72. The van der Waals surface area contributed by atoms with Crippen molar-refractivity contribution in [1.29, 1.82) is 0 Å².